The molecule has 0 aliphatic heterocycles. The van der Waals surface area contributed by atoms with Crippen LogP contribution >= 0.6 is 27.5 Å². The van der Waals surface area contributed by atoms with Crippen molar-refractivity contribution in [3.05, 3.63) is 116 Å². The molecule has 2 heterocycles. The first kappa shape index (κ1) is 30.0. The predicted octanol–water partition coefficient (Wildman–Crippen LogP) is 7.66. The Morgan fingerprint density at radius 2 is 1.84 bits per heavy atom. The van der Waals surface area contributed by atoms with Gasteiger partial charge in [-0.25, -0.2) is 9.37 Å². The van der Waals surface area contributed by atoms with Crippen molar-refractivity contribution in [1.29, 1.82) is 0 Å². The highest BCUT2D eigenvalue weighted by molar-refractivity contribution is 9.10. The maximum absolute atomic E-state index is 13.7. The molecule has 1 amide bonds. The van der Waals surface area contributed by atoms with E-state index in [2.05, 4.69) is 26.3 Å². The highest BCUT2D eigenvalue weighted by Gasteiger charge is 2.18. The van der Waals surface area contributed by atoms with Crippen molar-refractivity contribution in [3.63, 3.8) is 0 Å². The lowest BCUT2D eigenvalue weighted by Crippen LogP contribution is -2.20. The van der Waals surface area contributed by atoms with E-state index < -0.39 is 17.3 Å². The zero-order valence-electron chi connectivity index (χ0n) is 23.6. The standard InChI is InChI=1S/C33H23BrClFN4O5/c1-2-43-28-15-20(25(34)16-29(28)44-18-31(41)38-23-10-8-22(36)9-11-23)17-37-40-32(39-26-6-4-3-5-24(26)33(40)42)30-14-19-13-21(35)7-12-27(19)45-30/h3-17H,2,18H2,1H3,(H,38,41). The van der Waals surface area contributed by atoms with Crippen molar-refractivity contribution in [2.45, 2.75) is 6.92 Å². The van der Waals surface area contributed by atoms with Crippen molar-refractivity contribution in [1.82, 2.24) is 9.66 Å². The molecule has 9 nitrogen and oxygen atoms in total. The van der Waals surface area contributed by atoms with Gasteiger partial charge in [0.1, 0.15) is 11.4 Å². The number of benzene rings is 4. The van der Waals surface area contributed by atoms with E-state index in [-0.39, 0.29) is 12.4 Å². The number of hydrogen-bond donors (Lipinski definition) is 1. The van der Waals surface area contributed by atoms with Crippen LogP contribution in [-0.4, -0.2) is 35.0 Å². The van der Waals surface area contributed by atoms with Gasteiger partial charge in [0.05, 0.1) is 23.7 Å². The van der Waals surface area contributed by atoms with Gasteiger partial charge in [-0.3, -0.25) is 9.59 Å². The largest absolute Gasteiger partial charge is 0.490 e. The summed E-state index contributed by atoms with van der Waals surface area (Å²) in [5, 5.41) is 8.85. The molecule has 0 saturated heterocycles. The number of ether oxygens (including phenoxy) is 2. The number of anilines is 1. The molecule has 45 heavy (non-hydrogen) atoms. The minimum atomic E-state index is -0.436. The van der Waals surface area contributed by atoms with E-state index in [1.165, 1.54) is 35.2 Å². The number of hydrogen-bond acceptors (Lipinski definition) is 7. The quantitative estimate of drug-likeness (QED) is 0.156. The molecule has 12 heteroatoms. The summed E-state index contributed by atoms with van der Waals surface area (Å²) in [6.07, 6.45) is 1.48. The van der Waals surface area contributed by atoms with Crippen molar-refractivity contribution in [3.8, 4) is 23.1 Å². The molecule has 2 aromatic heterocycles. The number of rotatable bonds is 9. The number of halogens is 3. The second-order valence-corrected chi connectivity index (χ2v) is 11.0. The monoisotopic (exact) mass is 688 g/mol. The van der Waals surface area contributed by atoms with Gasteiger partial charge < -0.3 is 19.2 Å². The maximum atomic E-state index is 13.7. The second-order valence-electron chi connectivity index (χ2n) is 9.70. The van der Waals surface area contributed by atoms with Gasteiger partial charge in [0.15, 0.2) is 23.9 Å². The summed E-state index contributed by atoms with van der Waals surface area (Å²) in [6.45, 7) is 1.82. The van der Waals surface area contributed by atoms with Crippen molar-refractivity contribution in [2.24, 2.45) is 5.10 Å². The van der Waals surface area contributed by atoms with Crippen LogP contribution in [0.1, 0.15) is 12.5 Å². The van der Waals surface area contributed by atoms with E-state index in [1.807, 2.05) is 6.92 Å². The Kier molecular flexibility index (Phi) is 8.63. The zero-order chi connectivity index (χ0) is 31.5. The molecule has 6 aromatic rings. The fourth-order valence-corrected chi connectivity index (χ4v) is 5.14. The average molecular weight is 690 g/mol. The normalized spacial score (nSPS) is 11.4. The molecule has 0 unspecified atom stereocenters. The summed E-state index contributed by atoms with van der Waals surface area (Å²) in [7, 11) is 0. The Hall–Kier alpha value is -5.00. The molecular formula is C33H23BrClFN4O5. The number of para-hydroxylation sites is 1. The molecule has 6 rings (SSSR count). The molecule has 0 aliphatic rings. The van der Waals surface area contributed by atoms with Gasteiger partial charge in [-0.2, -0.15) is 9.78 Å². The summed E-state index contributed by atoms with van der Waals surface area (Å²) in [5.41, 5.74) is 1.68. The molecule has 0 atom stereocenters. The summed E-state index contributed by atoms with van der Waals surface area (Å²) in [6, 6.07) is 22.7. The molecule has 0 saturated carbocycles. The third-order valence-corrected chi connectivity index (χ3v) is 7.54. The van der Waals surface area contributed by atoms with Crippen LogP contribution in [0.15, 0.2) is 104 Å². The SMILES string of the molecule is CCOc1cc(C=Nn2c(-c3cc4cc(Cl)ccc4o3)nc3ccccc3c2=O)c(Br)cc1OCC(=O)Nc1ccc(F)cc1. The van der Waals surface area contributed by atoms with Crippen LogP contribution in [0.3, 0.4) is 0 Å². The molecule has 4 aromatic carbocycles. The third kappa shape index (κ3) is 6.59. The second kappa shape index (κ2) is 12.9. The predicted molar refractivity (Wildman–Crippen MR) is 175 cm³/mol. The third-order valence-electron chi connectivity index (χ3n) is 6.61. The Morgan fingerprint density at radius 1 is 1.07 bits per heavy atom. The van der Waals surface area contributed by atoms with Gasteiger partial charge in [-0.05, 0) is 95.7 Å². The smallest absolute Gasteiger partial charge is 0.282 e. The fourth-order valence-electron chi connectivity index (χ4n) is 4.54. The number of carbonyl (C=O) groups excluding carboxylic acids is 1. The molecule has 0 bridgehead atoms. The summed E-state index contributed by atoms with van der Waals surface area (Å²) >= 11 is 9.70. The minimum absolute atomic E-state index is 0.204. The summed E-state index contributed by atoms with van der Waals surface area (Å²) in [5.74, 6) is 0.363. The molecule has 0 aliphatic carbocycles. The van der Waals surface area contributed by atoms with Crippen molar-refractivity contribution >= 4 is 67.2 Å². The van der Waals surface area contributed by atoms with Gasteiger partial charge >= 0.3 is 0 Å². The van der Waals surface area contributed by atoms with Crippen molar-refractivity contribution < 1.29 is 23.1 Å². The molecule has 0 fully saturated rings. The summed E-state index contributed by atoms with van der Waals surface area (Å²) < 4.78 is 32.5. The lowest BCUT2D eigenvalue weighted by Gasteiger charge is -2.14. The van der Waals surface area contributed by atoms with E-state index in [0.29, 0.717) is 61.1 Å². The molecular weight excluding hydrogens is 667 g/mol. The first-order valence-electron chi connectivity index (χ1n) is 13.7. The number of furan rings is 1. The van der Waals surface area contributed by atoms with Crippen LogP contribution in [0.5, 0.6) is 11.5 Å². The lowest BCUT2D eigenvalue weighted by molar-refractivity contribution is -0.118. The van der Waals surface area contributed by atoms with Gasteiger partial charge in [0.25, 0.3) is 11.5 Å². The maximum Gasteiger partial charge on any atom is 0.282 e. The molecule has 226 valence electrons. The highest BCUT2D eigenvalue weighted by atomic mass is 79.9. The number of nitrogens with zero attached hydrogens (tertiary/aromatic N) is 3. The van der Waals surface area contributed by atoms with Gasteiger partial charge in [-0.1, -0.05) is 23.7 Å². The zero-order valence-corrected chi connectivity index (χ0v) is 25.9. The number of amides is 1. The lowest BCUT2D eigenvalue weighted by atomic mass is 10.2. The van der Waals surface area contributed by atoms with E-state index in [1.54, 1.807) is 60.7 Å². The van der Waals surface area contributed by atoms with E-state index in [4.69, 9.17) is 30.5 Å². The Labute approximate surface area is 269 Å². The van der Waals surface area contributed by atoms with E-state index >= 15 is 0 Å². The van der Waals surface area contributed by atoms with Gasteiger partial charge in [0, 0.05) is 26.1 Å². The minimum Gasteiger partial charge on any atom is -0.490 e. The van der Waals surface area contributed by atoms with Crippen LogP contribution in [0, 0.1) is 5.82 Å². The van der Waals surface area contributed by atoms with E-state index in [9.17, 15) is 14.0 Å². The van der Waals surface area contributed by atoms with Crippen LogP contribution < -0.4 is 20.3 Å². The topological polar surface area (TPSA) is 108 Å². The first-order valence-corrected chi connectivity index (χ1v) is 14.9. The number of carbonyl (C=O) groups is 1. The highest BCUT2D eigenvalue weighted by Crippen LogP contribution is 2.34. The molecule has 1 N–H and O–H groups in total. The Morgan fingerprint density at radius 3 is 2.64 bits per heavy atom. The van der Waals surface area contributed by atoms with Crippen LogP contribution in [0.25, 0.3) is 33.5 Å². The Bertz CT molecular complexity index is 2150. The van der Waals surface area contributed by atoms with Crippen LogP contribution in [-0.2, 0) is 4.79 Å². The van der Waals surface area contributed by atoms with Crippen LogP contribution in [0.4, 0.5) is 10.1 Å². The Balaban J connectivity index is 1.33. The number of aromatic nitrogens is 2. The molecule has 0 spiro atoms. The summed E-state index contributed by atoms with van der Waals surface area (Å²) in [4.78, 5) is 30.8. The fraction of sp³-hybridized carbons (Fsp3) is 0.0909. The van der Waals surface area contributed by atoms with E-state index in [0.717, 1.165) is 5.39 Å². The molecule has 0 radical (unpaired) electrons. The van der Waals surface area contributed by atoms with Gasteiger partial charge in [-0.15, -0.1) is 0 Å². The average Bonchev–Trinajstić information content (AvgIpc) is 3.45. The number of nitrogens with one attached hydrogen (secondary N) is 1. The van der Waals surface area contributed by atoms with Crippen molar-refractivity contribution in [2.75, 3.05) is 18.5 Å². The first-order chi connectivity index (χ1) is 21.8. The van der Waals surface area contributed by atoms with Crippen LogP contribution in [0.2, 0.25) is 5.02 Å². The van der Waals surface area contributed by atoms with Gasteiger partial charge in [0.2, 0.25) is 5.82 Å². The number of fused-ring (bicyclic) bond motifs is 2.